The highest BCUT2D eigenvalue weighted by atomic mass is 79.9. The monoisotopic (exact) mass is 244 g/mol. The van der Waals surface area contributed by atoms with Crippen LogP contribution in [0.15, 0.2) is 28.7 Å². The summed E-state index contributed by atoms with van der Waals surface area (Å²) in [5.74, 6) is 0. The second-order valence-electron chi connectivity index (χ2n) is 2.68. The molecule has 0 heterocycles. The fourth-order valence-corrected chi connectivity index (χ4v) is 1.41. The largest absolute Gasteiger partial charge is 0.382 e. The zero-order chi connectivity index (χ0) is 9.52. The topological polar surface area (TPSA) is 18.5 Å². The van der Waals surface area contributed by atoms with Gasteiger partial charge >= 0.3 is 0 Å². The van der Waals surface area contributed by atoms with Gasteiger partial charge < -0.3 is 9.47 Å². The van der Waals surface area contributed by atoms with Crippen molar-refractivity contribution in [1.82, 2.24) is 0 Å². The molecule has 0 radical (unpaired) electrons. The van der Waals surface area contributed by atoms with Crippen LogP contribution in [0.25, 0.3) is 0 Å². The van der Waals surface area contributed by atoms with E-state index in [1.807, 2.05) is 24.3 Å². The molecule has 2 nitrogen and oxygen atoms in total. The average Bonchev–Trinajstić information content (AvgIpc) is 2.13. The summed E-state index contributed by atoms with van der Waals surface area (Å²) < 4.78 is 11.3. The molecule has 0 aliphatic heterocycles. The van der Waals surface area contributed by atoms with Gasteiger partial charge in [-0.25, -0.2) is 0 Å². The summed E-state index contributed by atoms with van der Waals surface area (Å²) in [7, 11) is 1.67. The minimum absolute atomic E-state index is 0.642. The van der Waals surface area contributed by atoms with Crippen molar-refractivity contribution in [3.05, 3.63) is 34.3 Å². The van der Waals surface area contributed by atoms with Gasteiger partial charge in [0, 0.05) is 11.6 Å². The first kappa shape index (κ1) is 10.7. The van der Waals surface area contributed by atoms with Crippen LogP contribution in [0.2, 0.25) is 0 Å². The van der Waals surface area contributed by atoms with Crippen molar-refractivity contribution in [2.45, 2.75) is 6.61 Å². The van der Waals surface area contributed by atoms with Crippen molar-refractivity contribution in [3.8, 4) is 0 Å². The lowest BCUT2D eigenvalue weighted by Crippen LogP contribution is -2.01. The number of hydrogen-bond donors (Lipinski definition) is 0. The Morgan fingerprint density at radius 2 is 2.15 bits per heavy atom. The van der Waals surface area contributed by atoms with E-state index in [4.69, 9.17) is 9.47 Å². The van der Waals surface area contributed by atoms with Crippen molar-refractivity contribution in [1.29, 1.82) is 0 Å². The van der Waals surface area contributed by atoms with Crippen LogP contribution in [0, 0.1) is 0 Å². The molecule has 0 aliphatic carbocycles. The van der Waals surface area contributed by atoms with E-state index in [0.717, 1.165) is 4.47 Å². The van der Waals surface area contributed by atoms with Gasteiger partial charge in [-0.1, -0.05) is 28.1 Å². The highest BCUT2D eigenvalue weighted by molar-refractivity contribution is 9.10. The number of hydrogen-bond acceptors (Lipinski definition) is 2. The standard InChI is InChI=1S/C10H13BrO2/c1-12-5-6-13-8-9-3-2-4-10(11)7-9/h2-4,7H,5-6,8H2,1H3. The van der Waals surface area contributed by atoms with E-state index in [1.165, 1.54) is 5.56 Å². The fourth-order valence-electron chi connectivity index (χ4n) is 0.959. The van der Waals surface area contributed by atoms with Crippen LogP contribution >= 0.6 is 15.9 Å². The summed E-state index contributed by atoms with van der Waals surface area (Å²) in [6, 6.07) is 8.09. The maximum atomic E-state index is 5.37. The Bertz CT molecular complexity index is 250. The van der Waals surface area contributed by atoms with Gasteiger partial charge in [0.15, 0.2) is 0 Å². The molecule has 1 aromatic rings. The Balaban J connectivity index is 2.28. The third-order valence-electron chi connectivity index (χ3n) is 1.59. The number of benzene rings is 1. The molecule has 0 saturated carbocycles. The Kier molecular flexibility index (Phi) is 5.05. The molecule has 0 fully saturated rings. The lowest BCUT2D eigenvalue weighted by atomic mass is 10.2. The second kappa shape index (κ2) is 6.13. The first-order valence-corrected chi connectivity index (χ1v) is 4.93. The average molecular weight is 245 g/mol. The first-order chi connectivity index (χ1) is 6.33. The van der Waals surface area contributed by atoms with Crippen molar-refractivity contribution >= 4 is 15.9 Å². The molecule has 0 amide bonds. The molecule has 0 aromatic heterocycles. The maximum Gasteiger partial charge on any atom is 0.0718 e. The summed E-state index contributed by atoms with van der Waals surface area (Å²) in [5, 5.41) is 0. The van der Waals surface area contributed by atoms with Crippen LogP contribution in [-0.4, -0.2) is 20.3 Å². The molecule has 1 aromatic carbocycles. The van der Waals surface area contributed by atoms with Gasteiger partial charge in [0.05, 0.1) is 19.8 Å². The fraction of sp³-hybridized carbons (Fsp3) is 0.400. The smallest absolute Gasteiger partial charge is 0.0718 e. The van der Waals surface area contributed by atoms with Crippen molar-refractivity contribution < 1.29 is 9.47 Å². The predicted molar refractivity (Wildman–Crippen MR) is 55.7 cm³/mol. The van der Waals surface area contributed by atoms with Crippen LogP contribution in [0.1, 0.15) is 5.56 Å². The van der Waals surface area contributed by atoms with Gasteiger partial charge in [0.1, 0.15) is 0 Å². The van der Waals surface area contributed by atoms with Gasteiger partial charge in [-0.3, -0.25) is 0 Å². The molecule has 13 heavy (non-hydrogen) atoms. The molecule has 0 saturated heterocycles. The number of ether oxygens (including phenoxy) is 2. The zero-order valence-corrected chi connectivity index (χ0v) is 9.21. The summed E-state index contributed by atoms with van der Waals surface area (Å²) >= 11 is 3.40. The van der Waals surface area contributed by atoms with E-state index >= 15 is 0 Å². The van der Waals surface area contributed by atoms with Gasteiger partial charge in [0.2, 0.25) is 0 Å². The molecule has 0 unspecified atom stereocenters. The van der Waals surface area contributed by atoms with E-state index in [9.17, 15) is 0 Å². The minimum Gasteiger partial charge on any atom is -0.382 e. The van der Waals surface area contributed by atoms with E-state index in [2.05, 4.69) is 15.9 Å². The van der Waals surface area contributed by atoms with Crippen molar-refractivity contribution in [2.24, 2.45) is 0 Å². The van der Waals surface area contributed by atoms with Crippen LogP contribution in [0.4, 0.5) is 0 Å². The molecule has 0 spiro atoms. The highest BCUT2D eigenvalue weighted by Crippen LogP contribution is 2.12. The van der Waals surface area contributed by atoms with E-state index in [1.54, 1.807) is 7.11 Å². The zero-order valence-electron chi connectivity index (χ0n) is 7.63. The third-order valence-corrected chi connectivity index (χ3v) is 2.08. The predicted octanol–water partition coefficient (Wildman–Crippen LogP) is 2.61. The summed E-state index contributed by atoms with van der Waals surface area (Å²) in [6.07, 6.45) is 0. The summed E-state index contributed by atoms with van der Waals surface area (Å²) in [6.45, 7) is 1.93. The molecule has 3 heteroatoms. The normalized spacial score (nSPS) is 10.3. The van der Waals surface area contributed by atoms with Crippen LogP contribution < -0.4 is 0 Å². The Labute approximate surface area is 87.0 Å². The van der Waals surface area contributed by atoms with E-state index in [0.29, 0.717) is 19.8 Å². The molecule has 72 valence electrons. The first-order valence-electron chi connectivity index (χ1n) is 4.14. The number of halogens is 1. The lowest BCUT2D eigenvalue weighted by Gasteiger charge is -2.03. The number of methoxy groups -OCH3 is 1. The molecule has 0 atom stereocenters. The Hall–Kier alpha value is -0.380. The van der Waals surface area contributed by atoms with E-state index in [-0.39, 0.29) is 0 Å². The van der Waals surface area contributed by atoms with Crippen LogP contribution in [0.5, 0.6) is 0 Å². The SMILES string of the molecule is COCCOCc1cccc(Br)c1. The maximum absolute atomic E-state index is 5.37. The van der Waals surface area contributed by atoms with Gasteiger partial charge in [-0.15, -0.1) is 0 Å². The second-order valence-corrected chi connectivity index (χ2v) is 3.59. The molecule has 1 rings (SSSR count). The van der Waals surface area contributed by atoms with Gasteiger partial charge in [-0.2, -0.15) is 0 Å². The lowest BCUT2D eigenvalue weighted by molar-refractivity contribution is 0.0616. The molecular formula is C10H13BrO2. The molecule has 0 bridgehead atoms. The number of rotatable bonds is 5. The van der Waals surface area contributed by atoms with E-state index < -0.39 is 0 Å². The van der Waals surface area contributed by atoms with Crippen LogP contribution in [-0.2, 0) is 16.1 Å². The Morgan fingerprint density at radius 3 is 2.85 bits per heavy atom. The minimum atomic E-state index is 0.642. The molecule has 0 N–H and O–H groups in total. The molecular weight excluding hydrogens is 232 g/mol. The van der Waals surface area contributed by atoms with Gasteiger partial charge in [-0.05, 0) is 17.7 Å². The van der Waals surface area contributed by atoms with Crippen LogP contribution in [0.3, 0.4) is 0 Å². The highest BCUT2D eigenvalue weighted by Gasteiger charge is 1.93. The molecule has 0 aliphatic rings. The quantitative estimate of drug-likeness (QED) is 0.742. The third kappa shape index (κ3) is 4.41. The van der Waals surface area contributed by atoms with Crippen molar-refractivity contribution in [3.63, 3.8) is 0 Å². The summed E-state index contributed by atoms with van der Waals surface area (Å²) in [5.41, 5.74) is 1.17. The van der Waals surface area contributed by atoms with Gasteiger partial charge in [0.25, 0.3) is 0 Å². The van der Waals surface area contributed by atoms with Crippen molar-refractivity contribution in [2.75, 3.05) is 20.3 Å². The Morgan fingerprint density at radius 1 is 1.31 bits per heavy atom. The summed E-state index contributed by atoms with van der Waals surface area (Å²) in [4.78, 5) is 0.